The van der Waals surface area contributed by atoms with Crippen LogP contribution in [-0.2, 0) is 18.4 Å². The molecular weight excluding hydrogens is 314 g/mol. The number of benzene rings is 1. The summed E-state index contributed by atoms with van der Waals surface area (Å²) in [5, 5.41) is 11.3. The molecule has 8 heteroatoms. The monoisotopic (exact) mass is 325 g/mol. The largest absolute Gasteiger partial charge is 0.454 e. The molecule has 19 heavy (non-hydrogen) atoms. The number of carbonyl (C=O) groups is 1. The molecule has 0 atom stereocenters. The van der Waals surface area contributed by atoms with Gasteiger partial charge >= 0.3 is 5.97 Å². The first-order valence-electron chi connectivity index (χ1n) is 5.43. The minimum Gasteiger partial charge on any atom is -0.454 e. The van der Waals surface area contributed by atoms with Gasteiger partial charge in [-0.05, 0) is 29.8 Å². The van der Waals surface area contributed by atoms with Gasteiger partial charge in [-0.3, -0.25) is 0 Å². The van der Waals surface area contributed by atoms with Crippen LogP contribution in [-0.4, -0.2) is 26.2 Å². The van der Waals surface area contributed by atoms with E-state index in [4.69, 9.17) is 10.5 Å². The van der Waals surface area contributed by atoms with E-state index in [2.05, 4.69) is 31.3 Å². The van der Waals surface area contributed by atoms with Gasteiger partial charge < -0.3 is 10.5 Å². The van der Waals surface area contributed by atoms with E-state index in [1.165, 1.54) is 4.80 Å². The first-order valence-corrected chi connectivity index (χ1v) is 6.22. The summed E-state index contributed by atoms with van der Waals surface area (Å²) < 4.78 is 5.85. The third kappa shape index (κ3) is 3.08. The predicted molar refractivity (Wildman–Crippen MR) is 71.2 cm³/mol. The third-order valence-corrected chi connectivity index (χ3v) is 2.97. The Balaban J connectivity index is 2.12. The van der Waals surface area contributed by atoms with Gasteiger partial charge in [0.1, 0.15) is 0 Å². The Labute approximate surface area is 117 Å². The lowest BCUT2D eigenvalue weighted by Gasteiger charge is -2.08. The van der Waals surface area contributed by atoms with Crippen molar-refractivity contribution in [3.63, 3.8) is 0 Å². The highest BCUT2D eigenvalue weighted by Crippen LogP contribution is 2.23. The summed E-state index contributed by atoms with van der Waals surface area (Å²) >= 11 is 3.29. The number of tetrazole rings is 1. The number of anilines is 1. The topological polar surface area (TPSA) is 95.9 Å². The summed E-state index contributed by atoms with van der Waals surface area (Å²) in [7, 11) is 1.64. The number of nitrogen functional groups attached to an aromatic ring is 1. The maximum Gasteiger partial charge on any atom is 0.338 e. The molecule has 2 N–H and O–H groups in total. The number of nitrogens with two attached hydrogens (primary N) is 1. The summed E-state index contributed by atoms with van der Waals surface area (Å²) in [5.74, 6) is -0.130. The maximum atomic E-state index is 12.0. The van der Waals surface area contributed by atoms with Crippen molar-refractivity contribution < 1.29 is 9.53 Å². The first-order chi connectivity index (χ1) is 8.97. The van der Waals surface area contributed by atoms with Gasteiger partial charge in [-0.1, -0.05) is 15.9 Å². The van der Waals surface area contributed by atoms with E-state index >= 15 is 0 Å². The van der Waals surface area contributed by atoms with Gasteiger partial charge in [0.15, 0.2) is 6.61 Å². The quantitative estimate of drug-likeness (QED) is 0.673. The van der Waals surface area contributed by atoms with Gasteiger partial charge in [0, 0.05) is 10.2 Å². The van der Waals surface area contributed by atoms with Crippen LogP contribution in [0.25, 0.3) is 0 Å². The molecule has 0 aliphatic heterocycles. The van der Waals surface area contributed by atoms with Crippen LogP contribution in [0.2, 0.25) is 0 Å². The average Bonchev–Trinajstić information content (AvgIpc) is 2.76. The SMILES string of the molecule is Cc1c(N)cc(Br)cc1C(=O)OCc1nnn(C)n1. The zero-order valence-electron chi connectivity index (χ0n) is 10.4. The number of carbonyl (C=O) groups excluding carboxylic acids is 1. The second kappa shape index (κ2) is 5.35. The molecule has 0 aliphatic carbocycles. The maximum absolute atomic E-state index is 12.0. The second-order valence-corrected chi connectivity index (χ2v) is 4.85. The Kier molecular flexibility index (Phi) is 3.79. The van der Waals surface area contributed by atoms with Crippen LogP contribution in [0.1, 0.15) is 21.7 Å². The molecule has 7 nitrogen and oxygen atoms in total. The molecule has 0 spiro atoms. The summed E-state index contributed by atoms with van der Waals surface area (Å²) in [5.41, 5.74) is 7.41. The standard InChI is InChI=1S/C11H12BrN5O2/c1-6-8(3-7(12)4-9(6)13)11(18)19-5-10-14-16-17(2)15-10/h3-4H,5,13H2,1-2H3. The van der Waals surface area contributed by atoms with Crippen molar-refractivity contribution >= 4 is 27.6 Å². The van der Waals surface area contributed by atoms with Crippen molar-refractivity contribution in [3.8, 4) is 0 Å². The Morgan fingerprint density at radius 3 is 2.89 bits per heavy atom. The number of hydrogen-bond acceptors (Lipinski definition) is 6. The number of halogens is 1. The van der Waals surface area contributed by atoms with E-state index in [-0.39, 0.29) is 6.61 Å². The number of ether oxygens (including phenoxy) is 1. The molecule has 2 rings (SSSR count). The lowest BCUT2D eigenvalue weighted by molar-refractivity contribution is 0.0461. The molecule has 0 fully saturated rings. The highest BCUT2D eigenvalue weighted by Gasteiger charge is 2.14. The zero-order chi connectivity index (χ0) is 14.0. The zero-order valence-corrected chi connectivity index (χ0v) is 12.0. The normalized spacial score (nSPS) is 10.5. The molecule has 0 saturated heterocycles. The Hall–Kier alpha value is -1.96. The highest BCUT2D eigenvalue weighted by molar-refractivity contribution is 9.10. The van der Waals surface area contributed by atoms with E-state index in [9.17, 15) is 4.79 Å². The van der Waals surface area contributed by atoms with Crippen molar-refractivity contribution in [3.05, 3.63) is 33.6 Å². The van der Waals surface area contributed by atoms with E-state index in [0.29, 0.717) is 22.6 Å². The van der Waals surface area contributed by atoms with E-state index in [1.54, 1.807) is 26.1 Å². The molecule has 1 heterocycles. The minimum atomic E-state index is -0.474. The van der Waals surface area contributed by atoms with Gasteiger partial charge in [-0.2, -0.15) is 4.80 Å². The fourth-order valence-corrected chi connectivity index (χ4v) is 1.98. The summed E-state index contributed by atoms with van der Waals surface area (Å²) in [6, 6.07) is 3.40. The first kappa shape index (κ1) is 13.5. The van der Waals surface area contributed by atoms with Crippen LogP contribution in [0.15, 0.2) is 16.6 Å². The Morgan fingerprint density at radius 1 is 1.53 bits per heavy atom. The predicted octanol–water partition coefficient (Wildman–Crippen LogP) is 1.22. The number of hydrogen-bond donors (Lipinski definition) is 1. The third-order valence-electron chi connectivity index (χ3n) is 2.51. The lowest BCUT2D eigenvalue weighted by atomic mass is 10.1. The number of esters is 1. The molecule has 0 unspecified atom stereocenters. The van der Waals surface area contributed by atoms with Crippen molar-refractivity contribution in [2.24, 2.45) is 7.05 Å². The molecule has 100 valence electrons. The summed E-state index contributed by atoms with van der Waals surface area (Å²) in [6.07, 6.45) is 0. The molecule has 1 aromatic heterocycles. The van der Waals surface area contributed by atoms with E-state index in [0.717, 1.165) is 4.47 Å². The molecule has 0 aliphatic rings. The fourth-order valence-electron chi connectivity index (χ4n) is 1.50. The number of nitrogens with zero attached hydrogens (tertiary/aromatic N) is 4. The van der Waals surface area contributed by atoms with Crippen molar-refractivity contribution in [2.75, 3.05) is 5.73 Å². The number of rotatable bonds is 3. The number of aromatic nitrogens is 4. The smallest absolute Gasteiger partial charge is 0.338 e. The molecule has 0 radical (unpaired) electrons. The van der Waals surface area contributed by atoms with Crippen molar-refractivity contribution in [1.29, 1.82) is 0 Å². The van der Waals surface area contributed by atoms with Crippen LogP contribution < -0.4 is 5.73 Å². The molecule has 0 saturated carbocycles. The Morgan fingerprint density at radius 2 is 2.26 bits per heavy atom. The fraction of sp³-hybridized carbons (Fsp3) is 0.273. The van der Waals surface area contributed by atoms with Crippen molar-refractivity contribution in [1.82, 2.24) is 20.2 Å². The second-order valence-electron chi connectivity index (χ2n) is 3.94. The lowest BCUT2D eigenvalue weighted by Crippen LogP contribution is -2.09. The van der Waals surface area contributed by atoms with Crippen LogP contribution in [0.3, 0.4) is 0 Å². The van der Waals surface area contributed by atoms with Crippen molar-refractivity contribution in [2.45, 2.75) is 13.5 Å². The summed E-state index contributed by atoms with van der Waals surface area (Å²) in [4.78, 5) is 13.3. The Bertz CT molecular complexity index is 626. The molecule has 1 aromatic carbocycles. The average molecular weight is 326 g/mol. The minimum absolute atomic E-state index is 0.0292. The van der Waals surface area contributed by atoms with Crippen LogP contribution in [0.5, 0.6) is 0 Å². The molecule has 0 amide bonds. The van der Waals surface area contributed by atoms with E-state index < -0.39 is 5.97 Å². The molecule has 0 bridgehead atoms. The number of aryl methyl sites for hydroxylation is 1. The molecule has 2 aromatic rings. The summed E-state index contributed by atoms with van der Waals surface area (Å²) in [6.45, 7) is 1.73. The van der Waals surface area contributed by atoms with Gasteiger partial charge in [0.25, 0.3) is 0 Å². The highest BCUT2D eigenvalue weighted by atomic mass is 79.9. The molecular formula is C11H12BrN5O2. The van der Waals surface area contributed by atoms with Crippen LogP contribution in [0, 0.1) is 6.92 Å². The van der Waals surface area contributed by atoms with Gasteiger partial charge in [-0.25, -0.2) is 4.79 Å². The van der Waals surface area contributed by atoms with Gasteiger partial charge in [0.05, 0.1) is 12.6 Å². The van der Waals surface area contributed by atoms with Crippen LogP contribution >= 0.6 is 15.9 Å². The van der Waals surface area contributed by atoms with E-state index in [1.807, 2.05) is 0 Å². The van der Waals surface area contributed by atoms with Gasteiger partial charge in [-0.15, -0.1) is 10.2 Å². The van der Waals surface area contributed by atoms with Crippen LogP contribution in [0.4, 0.5) is 5.69 Å². The van der Waals surface area contributed by atoms with Gasteiger partial charge in [0.2, 0.25) is 5.82 Å².